The van der Waals surface area contributed by atoms with E-state index in [1.807, 2.05) is 24.3 Å². The second-order valence-electron chi connectivity index (χ2n) is 6.20. The van der Waals surface area contributed by atoms with Crippen LogP contribution in [0.3, 0.4) is 0 Å². The van der Waals surface area contributed by atoms with Crippen molar-refractivity contribution in [2.45, 2.75) is 19.4 Å². The maximum Gasteiger partial charge on any atom is 0.272 e. The summed E-state index contributed by atoms with van der Waals surface area (Å²) in [5, 5.41) is 11.3. The van der Waals surface area contributed by atoms with Gasteiger partial charge in [0.15, 0.2) is 11.5 Å². The van der Waals surface area contributed by atoms with Crippen molar-refractivity contribution >= 4 is 17.4 Å². The number of aryl methyl sites for hydroxylation is 1. The molecular weight excluding hydrogens is 326 g/mol. The number of benzene rings is 1. The average Bonchev–Trinajstić information content (AvgIpc) is 2.72. The first-order valence-electron chi connectivity index (χ1n) is 8.67. The molecule has 3 heterocycles. The number of rotatable bonds is 4. The highest BCUT2D eigenvalue weighted by Gasteiger charge is 2.19. The predicted octanol–water partition coefficient (Wildman–Crippen LogP) is 2.89. The van der Waals surface area contributed by atoms with Crippen LogP contribution < -0.4 is 10.2 Å². The van der Waals surface area contributed by atoms with Crippen molar-refractivity contribution in [1.82, 2.24) is 20.5 Å². The molecule has 6 heteroatoms. The fourth-order valence-electron chi connectivity index (χ4n) is 3.14. The molecule has 0 saturated heterocycles. The lowest BCUT2D eigenvalue weighted by Gasteiger charge is -2.29. The van der Waals surface area contributed by atoms with Gasteiger partial charge in [0.05, 0.1) is 0 Å². The summed E-state index contributed by atoms with van der Waals surface area (Å²) in [4.78, 5) is 18.4. The molecule has 1 aliphatic rings. The van der Waals surface area contributed by atoms with E-state index in [1.54, 1.807) is 18.5 Å². The van der Waals surface area contributed by atoms with Crippen LogP contribution in [0.2, 0.25) is 0 Å². The number of fused-ring (bicyclic) bond motifs is 1. The van der Waals surface area contributed by atoms with Crippen LogP contribution in [0, 0.1) is 0 Å². The maximum absolute atomic E-state index is 12.3. The van der Waals surface area contributed by atoms with Gasteiger partial charge in [-0.1, -0.05) is 18.2 Å². The summed E-state index contributed by atoms with van der Waals surface area (Å²) in [5.41, 5.74) is 3.79. The van der Waals surface area contributed by atoms with E-state index >= 15 is 0 Å². The van der Waals surface area contributed by atoms with E-state index in [-0.39, 0.29) is 5.91 Å². The zero-order chi connectivity index (χ0) is 17.8. The molecule has 0 aliphatic carbocycles. The van der Waals surface area contributed by atoms with Crippen molar-refractivity contribution in [1.29, 1.82) is 0 Å². The Morgan fingerprint density at radius 3 is 2.69 bits per heavy atom. The number of anilines is 2. The highest BCUT2D eigenvalue weighted by atomic mass is 16.1. The molecule has 1 aliphatic heterocycles. The monoisotopic (exact) mass is 345 g/mol. The lowest BCUT2D eigenvalue weighted by molar-refractivity contribution is 0.0945. The number of carbonyl (C=O) groups is 1. The second-order valence-corrected chi connectivity index (χ2v) is 6.20. The minimum absolute atomic E-state index is 0.236. The molecule has 0 unspecified atom stereocenters. The van der Waals surface area contributed by atoms with Gasteiger partial charge in [-0.15, -0.1) is 10.2 Å². The topological polar surface area (TPSA) is 71.0 Å². The van der Waals surface area contributed by atoms with E-state index in [2.05, 4.69) is 43.6 Å². The van der Waals surface area contributed by atoms with Crippen LogP contribution in [0.15, 0.2) is 60.9 Å². The molecule has 0 atom stereocenters. The number of para-hydroxylation sites is 1. The number of amides is 1. The van der Waals surface area contributed by atoms with Crippen molar-refractivity contribution in [3.63, 3.8) is 0 Å². The third kappa shape index (κ3) is 3.39. The van der Waals surface area contributed by atoms with Crippen LogP contribution in [0.5, 0.6) is 0 Å². The first kappa shape index (κ1) is 16.2. The van der Waals surface area contributed by atoms with Crippen molar-refractivity contribution in [2.75, 3.05) is 11.4 Å². The smallest absolute Gasteiger partial charge is 0.272 e. The van der Waals surface area contributed by atoms with Crippen molar-refractivity contribution in [3.05, 3.63) is 77.7 Å². The Kier molecular flexibility index (Phi) is 4.55. The summed E-state index contributed by atoms with van der Waals surface area (Å²) < 4.78 is 0. The van der Waals surface area contributed by atoms with Crippen LogP contribution in [0.4, 0.5) is 11.5 Å². The number of aromatic nitrogens is 3. The van der Waals surface area contributed by atoms with Crippen LogP contribution >= 0.6 is 0 Å². The molecule has 0 radical (unpaired) electrons. The Morgan fingerprint density at radius 1 is 1.04 bits per heavy atom. The average molecular weight is 345 g/mol. The molecule has 3 aromatic rings. The molecule has 0 fully saturated rings. The summed E-state index contributed by atoms with van der Waals surface area (Å²) in [5.74, 6) is 0.530. The van der Waals surface area contributed by atoms with Crippen molar-refractivity contribution in [2.24, 2.45) is 0 Å². The van der Waals surface area contributed by atoms with Gasteiger partial charge in [-0.05, 0) is 54.3 Å². The summed E-state index contributed by atoms with van der Waals surface area (Å²) >= 11 is 0. The van der Waals surface area contributed by atoms with Crippen LogP contribution in [0.25, 0.3) is 0 Å². The zero-order valence-corrected chi connectivity index (χ0v) is 14.3. The normalized spacial score (nSPS) is 13.2. The number of hydrogen-bond acceptors (Lipinski definition) is 5. The van der Waals surface area contributed by atoms with Crippen molar-refractivity contribution in [3.8, 4) is 0 Å². The van der Waals surface area contributed by atoms with Gasteiger partial charge >= 0.3 is 0 Å². The Bertz CT molecular complexity index is 896. The fourth-order valence-corrected chi connectivity index (χ4v) is 3.14. The highest BCUT2D eigenvalue weighted by molar-refractivity contribution is 5.92. The number of nitrogens with zero attached hydrogens (tertiary/aromatic N) is 4. The van der Waals surface area contributed by atoms with E-state index < -0.39 is 0 Å². The first-order chi connectivity index (χ1) is 12.8. The van der Waals surface area contributed by atoms with E-state index in [0.717, 1.165) is 30.8 Å². The van der Waals surface area contributed by atoms with Gasteiger partial charge in [-0.3, -0.25) is 9.78 Å². The molecule has 0 bridgehead atoms. The SMILES string of the molecule is O=C(NCc1ccncc1)c1ccc(N2CCCc3ccccc32)nn1. The van der Waals surface area contributed by atoms with Crippen molar-refractivity contribution < 1.29 is 4.79 Å². The van der Waals surface area contributed by atoms with Gasteiger partial charge in [0.1, 0.15) is 0 Å². The van der Waals surface area contributed by atoms with Crippen LogP contribution in [-0.4, -0.2) is 27.6 Å². The van der Waals surface area contributed by atoms with Gasteiger partial charge in [-0.25, -0.2) is 0 Å². The summed E-state index contributed by atoms with van der Waals surface area (Å²) in [6, 6.07) is 15.7. The molecule has 130 valence electrons. The lowest BCUT2D eigenvalue weighted by atomic mass is 10.0. The molecule has 2 aromatic heterocycles. The largest absolute Gasteiger partial charge is 0.347 e. The minimum atomic E-state index is -0.236. The quantitative estimate of drug-likeness (QED) is 0.787. The number of pyridine rings is 1. The molecule has 0 spiro atoms. The molecule has 6 nitrogen and oxygen atoms in total. The third-order valence-electron chi connectivity index (χ3n) is 4.47. The first-order valence-corrected chi connectivity index (χ1v) is 8.67. The van der Waals surface area contributed by atoms with E-state index in [9.17, 15) is 4.79 Å². The summed E-state index contributed by atoms with van der Waals surface area (Å²) in [6.45, 7) is 1.34. The summed E-state index contributed by atoms with van der Waals surface area (Å²) in [7, 11) is 0. The molecule has 26 heavy (non-hydrogen) atoms. The Hall–Kier alpha value is -3.28. The van der Waals surface area contributed by atoms with Gasteiger partial charge in [-0.2, -0.15) is 0 Å². The lowest BCUT2D eigenvalue weighted by Crippen LogP contribution is -2.27. The van der Waals surface area contributed by atoms with E-state index in [0.29, 0.717) is 12.2 Å². The Labute approximate surface area is 151 Å². The Balaban J connectivity index is 1.46. The van der Waals surface area contributed by atoms with Crippen LogP contribution in [-0.2, 0) is 13.0 Å². The van der Waals surface area contributed by atoms with Gasteiger partial charge < -0.3 is 10.2 Å². The molecule has 1 amide bonds. The fraction of sp³-hybridized carbons (Fsp3) is 0.200. The van der Waals surface area contributed by atoms with Gasteiger partial charge in [0.25, 0.3) is 5.91 Å². The number of nitrogens with one attached hydrogen (secondary N) is 1. The van der Waals surface area contributed by atoms with Gasteiger partial charge in [0.2, 0.25) is 0 Å². The molecule has 0 saturated carbocycles. The number of hydrogen-bond donors (Lipinski definition) is 1. The van der Waals surface area contributed by atoms with E-state index in [1.165, 1.54) is 11.3 Å². The molecule has 1 aromatic carbocycles. The van der Waals surface area contributed by atoms with Crippen LogP contribution in [0.1, 0.15) is 28.0 Å². The summed E-state index contributed by atoms with van der Waals surface area (Å²) in [6.07, 6.45) is 5.56. The number of carbonyl (C=O) groups excluding carboxylic acids is 1. The molecular formula is C20H19N5O. The molecule has 4 rings (SSSR count). The minimum Gasteiger partial charge on any atom is -0.347 e. The maximum atomic E-state index is 12.3. The van der Waals surface area contributed by atoms with Gasteiger partial charge in [0, 0.05) is 31.2 Å². The second kappa shape index (κ2) is 7.31. The van der Waals surface area contributed by atoms with E-state index in [4.69, 9.17) is 0 Å². The predicted molar refractivity (Wildman–Crippen MR) is 99.2 cm³/mol. The zero-order valence-electron chi connectivity index (χ0n) is 14.3. The Morgan fingerprint density at radius 2 is 1.88 bits per heavy atom. The third-order valence-corrected chi connectivity index (χ3v) is 4.47. The highest BCUT2D eigenvalue weighted by Crippen LogP contribution is 2.31. The standard InChI is InChI=1S/C20H19N5O/c26-20(22-14-15-9-11-21-12-10-15)17-7-8-19(24-23-17)25-13-3-5-16-4-1-2-6-18(16)25/h1-2,4,6-12H,3,5,13-14H2,(H,22,26). The molecule has 1 N–H and O–H groups in total.